The van der Waals surface area contributed by atoms with Gasteiger partial charge in [-0.2, -0.15) is 0 Å². The molecule has 1 saturated heterocycles. The molecule has 2 aliphatic rings. The van der Waals surface area contributed by atoms with Crippen molar-refractivity contribution in [1.29, 1.82) is 0 Å². The van der Waals surface area contributed by atoms with Crippen LogP contribution in [0.25, 0.3) is 0 Å². The third-order valence-corrected chi connectivity index (χ3v) is 7.71. The van der Waals surface area contributed by atoms with E-state index in [-0.39, 0.29) is 29.7 Å². The molecule has 1 aliphatic carbocycles. The molecular formula is C29H41N3O7S2. The number of amides is 3. The molecule has 1 aromatic carbocycles. The Labute approximate surface area is 252 Å². The highest BCUT2D eigenvalue weighted by atomic mass is 32.2. The Morgan fingerprint density at radius 2 is 1.71 bits per heavy atom. The Kier molecular flexibility index (Phi) is 13.5. The van der Waals surface area contributed by atoms with Gasteiger partial charge in [0.25, 0.3) is 0 Å². The fourth-order valence-electron chi connectivity index (χ4n) is 4.11. The highest BCUT2D eigenvalue weighted by Gasteiger charge is 2.39. The van der Waals surface area contributed by atoms with Crippen molar-refractivity contribution in [3.63, 3.8) is 0 Å². The number of ether oxygens (including phenoxy) is 4. The molecule has 1 fully saturated rings. The van der Waals surface area contributed by atoms with Gasteiger partial charge in [-0.15, -0.1) is 24.4 Å². The Morgan fingerprint density at radius 3 is 2.34 bits per heavy atom. The van der Waals surface area contributed by atoms with E-state index >= 15 is 0 Å². The second kappa shape index (κ2) is 16.8. The number of hydrogen-bond acceptors (Lipinski definition) is 9. The number of carbonyl (C=O) groups is 3. The molecule has 41 heavy (non-hydrogen) atoms. The number of benzene rings is 1. The van der Waals surface area contributed by atoms with Crippen LogP contribution in [0.1, 0.15) is 26.3 Å². The van der Waals surface area contributed by atoms with Crippen LogP contribution in [-0.2, 0) is 35.1 Å². The first-order valence-corrected chi connectivity index (χ1v) is 15.3. The first-order valence-electron chi connectivity index (χ1n) is 13.7. The Hall–Kier alpha value is -2.51. The molecule has 3 atom stereocenters. The number of alkyl carbamates (subject to hydrolysis) is 1. The van der Waals surface area contributed by atoms with E-state index in [1.807, 2.05) is 30.3 Å². The van der Waals surface area contributed by atoms with E-state index in [0.29, 0.717) is 45.1 Å². The second-order valence-corrected chi connectivity index (χ2v) is 12.4. The van der Waals surface area contributed by atoms with Crippen LogP contribution in [0.2, 0.25) is 0 Å². The van der Waals surface area contributed by atoms with Crippen molar-refractivity contribution >= 4 is 42.3 Å². The van der Waals surface area contributed by atoms with Crippen LogP contribution >= 0.6 is 24.4 Å². The number of thioether (sulfide) groups is 1. The van der Waals surface area contributed by atoms with Gasteiger partial charge in [0.15, 0.2) is 0 Å². The number of hydrogen-bond donors (Lipinski definition) is 3. The maximum Gasteiger partial charge on any atom is 0.407 e. The van der Waals surface area contributed by atoms with Gasteiger partial charge in [0.05, 0.1) is 39.0 Å². The molecular weight excluding hydrogens is 566 g/mol. The zero-order valence-electron chi connectivity index (χ0n) is 23.9. The molecule has 0 aromatic heterocycles. The predicted molar refractivity (Wildman–Crippen MR) is 162 cm³/mol. The second-order valence-electron chi connectivity index (χ2n) is 10.4. The maximum absolute atomic E-state index is 13.4. The smallest absolute Gasteiger partial charge is 0.407 e. The van der Waals surface area contributed by atoms with Gasteiger partial charge in [-0.1, -0.05) is 48.6 Å². The Bertz CT molecular complexity index is 1060. The summed E-state index contributed by atoms with van der Waals surface area (Å²) in [5.41, 5.74) is 0.800. The Morgan fingerprint density at radius 1 is 1.02 bits per heavy atom. The summed E-state index contributed by atoms with van der Waals surface area (Å²) >= 11 is 6.14. The molecule has 3 rings (SSSR count). The van der Waals surface area contributed by atoms with Gasteiger partial charge in [0, 0.05) is 31.0 Å². The zero-order valence-corrected chi connectivity index (χ0v) is 25.6. The minimum atomic E-state index is -0.734. The first kappa shape index (κ1) is 33.0. The van der Waals surface area contributed by atoms with Gasteiger partial charge in [-0.25, -0.2) is 4.79 Å². The van der Waals surface area contributed by atoms with Crippen LogP contribution in [0.4, 0.5) is 4.79 Å². The van der Waals surface area contributed by atoms with Crippen molar-refractivity contribution in [2.75, 3.05) is 51.8 Å². The summed E-state index contributed by atoms with van der Waals surface area (Å²) < 4.78 is 22.2. The predicted octanol–water partition coefficient (Wildman–Crippen LogP) is 3.15. The number of nitrogens with one attached hydrogen (secondary N) is 2. The fraction of sp³-hybridized carbons (Fsp3) is 0.552. The minimum absolute atomic E-state index is 0.104. The van der Waals surface area contributed by atoms with E-state index in [2.05, 4.69) is 23.3 Å². The maximum atomic E-state index is 13.4. The first-order chi connectivity index (χ1) is 19.7. The van der Waals surface area contributed by atoms with Gasteiger partial charge < -0.3 is 34.5 Å². The van der Waals surface area contributed by atoms with Crippen molar-refractivity contribution in [3.8, 4) is 0 Å². The summed E-state index contributed by atoms with van der Waals surface area (Å²) in [4.78, 5) is 39.9. The average Bonchev–Trinajstić information content (AvgIpc) is 3.37. The van der Waals surface area contributed by atoms with Crippen molar-refractivity contribution in [3.05, 3.63) is 59.7 Å². The number of thiol groups is 1. The lowest BCUT2D eigenvalue weighted by Crippen LogP contribution is -2.45. The summed E-state index contributed by atoms with van der Waals surface area (Å²) in [7, 11) is 0. The summed E-state index contributed by atoms with van der Waals surface area (Å²) in [6.45, 7) is 8.20. The quantitative estimate of drug-likeness (QED) is 0.218. The summed E-state index contributed by atoms with van der Waals surface area (Å²) in [6.07, 6.45) is 4.02. The molecule has 0 spiro atoms. The summed E-state index contributed by atoms with van der Waals surface area (Å²) in [6, 6.07) is 9.65. The third kappa shape index (κ3) is 11.4. The lowest BCUT2D eigenvalue weighted by Gasteiger charge is -2.32. The van der Waals surface area contributed by atoms with Gasteiger partial charge in [-0.05, 0) is 26.3 Å². The van der Waals surface area contributed by atoms with Gasteiger partial charge in [0.2, 0.25) is 11.8 Å². The molecule has 0 radical (unpaired) electrons. The largest absolute Gasteiger partial charge is 0.444 e. The monoisotopic (exact) mass is 607 g/mol. The van der Waals surface area contributed by atoms with Gasteiger partial charge in [-0.3, -0.25) is 9.59 Å². The lowest BCUT2D eigenvalue weighted by molar-refractivity contribution is -0.137. The normalized spacial score (nSPS) is 20.4. The fourth-order valence-corrected chi connectivity index (χ4v) is 5.55. The zero-order chi connectivity index (χ0) is 29.7. The van der Waals surface area contributed by atoms with Crippen LogP contribution in [0.5, 0.6) is 0 Å². The van der Waals surface area contributed by atoms with E-state index in [4.69, 9.17) is 18.9 Å². The molecule has 3 unspecified atom stereocenters. The van der Waals surface area contributed by atoms with Crippen molar-refractivity contribution in [2.45, 2.75) is 43.8 Å². The van der Waals surface area contributed by atoms with E-state index < -0.39 is 23.7 Å². The number of nitrogens with zero attached hydrogens (tertiary/aromatic N) is 1. The molecule has 1 heterocycles. The molecule has 10 nitrogen and oxygen atoms in total. The molecule has 226 valence electrons. The van der Waals surface area contributed by atoms with E-state index in [9.17, 15) is 14.4 Å². The van der Waals surface area contributed by atoms with Crippen molar-refractivity contribution in [1.82, 2.24) is 15.5 Å². The molecule has 3 amide bonds. The summed E-state index contributed by atoms with van der Waals surface area (Å²) in [5.74, 6) is -0.219. The molecule has 0 saturated carbocycles. The number of rotatable bonds is 14. The minimum Gasteiger partial charge on any atom is -0.444 e. The standard InChI is InChI=1S/C29H41N3O7S2/c1-29(2,3)39-27(35)31-13-16-37-18-17-36-15-12-30-25(33)22-10-7-11-23(26(34)32-14-19-41-28(32)40)24(22)38-20-21-8-5-4-6-9-21/h4-11,23-24,28,40H,12-20H2,1-3H3,(H,30,33)(H,31,35). The number of allylic oxidation sites excluding steroid dienone is 2. The van der Waals surface area contributed by atoms with Crippen LogP contribution < -0.4 is 10.6 Å². The highest BCUT2D eigenvalue weighted by Crippen LogP contribution is 2.32. The van der Waals surface area contributed by atoms with Crippen LogP contribution in [0.15, 0.2) is 54.1 Å². The SMILES string of the molecule is CC(C)(C)OC(=O)NCCOCCOCCNC(=O)C1=CC=CC(C(=O)N2CCSC2S)C1OCc1ccccc1. The molecule has 2 N–H and O–H groups in total. The third-order valence-electron chi connectivity index (χ3n) is 6.01. The lowest BCUT2D eigenvalue weighted by atomic mass is 9.89. The average molecular weight is 608 g/mol. The highest BCUT2D eigenvalue weighted by molar-refractivity contribution is 8.10. The Balaban J connectivity index is 1.42. The molecule has 1 aromatic rings. The number of carbonyl (C=O) groups excluding carboxylic acids is 3. The van der Waals surface area contributed by atoms with E-state index in [0.717, 1.165) is 11.3 Å². The van der Waals surface area contributed by atoms with Crippen molar-refractivity contribution < 1.29 is 33.3 Å². The van der Waals surface area contributed by atoms with E-state index in [1.54, 1.807) is 55.7 Å². The van der Waals surface area contributed by atoms with E-state index in [1.165, 1.54) is 0 Å². The van der Waals surface area contributed by atoms with Crippen LogP contribution in [-0.4, -0.2) is 91.0 Å². The molecule has 0 bridgehead atoms. The van der Waals surface area contributed by atoms with Gasteiger partial charge >= 0.3 is 6.09 Å². The van der Waals surface area contributed by atoms with Crippen LogP contribution in [0.3, 0.4) is 0 Å². The van der Waals surface area contributed by atoms with Gasteiger partial charge in [0.1, 0.15) is 16.4 Å². The summed E-state index contributed by atoms with van der Waals surface area (Å²) in [5, 5.41) is 5.49. The topological polar surface area (TPSA) is 115 Å². The molecule has 12 heteroatoms. The molecule has 1 aliphatic heterocycles. The van der Waals surface area contributed by atoms with Crippen molar-refractivity contribution in [2.24, 2.45) is 5.92 Å². The van der Waals surface area contributed by atoms with Crippen LogP contribution in [0, 0.1) is 5.92 Å².